The summed E-state index contributed by atoms with van der Waals surface area (Å²) in [4.78, 5) is 14.2. The number of nitrogens with zero attached hydrogens (tertiary/aromatic N) is 1. The molecule has 0 atom stereocenters. The van der Waals surface area contributed by atoms with Gasteiger partial charge >= 0.3 is 6.61 Å². The van der Waals surface area contributed by atoms with Gasteiger partial charge < -0.3 is 9.64 Å². The highest BCUT2D eigenvalue weighted by Gasteiger charge is 2.22. The molecule has 1 rings (SSSR count). The van der Waals surface area contributed by atoms with Gasteiger partial charge in [-0.25, -0.2) is 0 Å². The monoisotopic (exact) mass is 319 g/mol. The normalized spacial score (nSPS) is 11.0. The van der Waals surface area contributed by atoms with Crippen LogP contribution in [-0.2, 0) is 0 Å². The lowest BCUT2D eigenvalue weighted by atomic mass is 10.1. The van der Waals surface area contributed by atoms with Crippen molar-refractivity contribution >= 4 is 17.5 Å². The van der Waals surface area contributed by atoms with Crippen LogP contribution < -0.4 is 4.74 Å². The summed E-state index contributed by atoms with van der Waals surface area (Å²) in [5.74, 6) is 0.0884. The lowest BCUT2D eigenvalue weighted by molar-refractivity contribution is -0.0499. The molecule has 21 heavy (non-hydrogen) atoms. The van der Waals surface area contributed by atoms with Crippen molar-refractivity contribution in [2.45, 2.75) is 39.3 Å². The summed E-state index contributed by atoms with van der Waals surface area (Å²) in [6.07, 6.45) is 1.62. The molecule has 0 aromatic heterocycles. The summed E-state index contributed by atoms with van der Waals surface area (Å²) < 4.78 is 28.8. The van der Waals surface area contributed by atoms with E-state index in [1.807, 2.05) is 13.8 Å². The Morgan fingerprint density at radius 2 is 2.00 bits per heavy atom. The van der Waals surface area contributed by atoms with Crippen LogP contribution in [0.25, 0.3) is 0 Å². The highest BCUT2D eigenvalue weighted by Crippen LogP contribution is 2.19. The first-order valence-corrected chi connectivity index (χ1v) is 7.48. The Morgan fingerprint density at radius 3 is 2.52 bits per heavy atom. The third kappa shape index (κ3) is 5.16. The minimum absolute atomic E-state index is 0.0220. The predicted octanol–water partition coefficient (Wildman–Crippen LogP) is 4.16. The van der Waals surface area contributed by atoms with Crippen LogP contribution in [0.3, 0.4) is 0 Å². The van der Waals surface area contributed by atoms with Crippen molar-refractivity contribution < 1.29 is 18.3 Å². The second kappa shape index (κ2) is 8.82. The molecule has 1 aromatic carbocycles. The van der Waals surface area contributed by atoms with Gasteiger partial charge in [0, 0.05) is 24.0 Å². The Labute approximate surface area is 128 Å². The summed E-state index contributed by atoms with van der Waals surface area (Å²) in [5, 5.41) is 0. The SMILES string of the molecule is CCC(CC)N(CCCl)C(=O)c1cccc(OC(F)F)c1. The number of amides is 1. The van der Waals surface area contributed by atoms with Crippen molar-refractivity contribution in [3.05, 3.63) is 29.8 Å². The van der Waals surface area contributed by atoms with Crippen LogP contribution >= 0.6 is 11.6 Å². The summed E-state index contributed by atoms with van der Waals surface area (Å²) >= 11 is 5.77. The van der Waals surface area contributed by atoms with E-state index in [2.05, 4.69) is 4.74 Å². The maximum Gasteiger partial charge on any atom is 0.387 e. The topological polar surface area (TPSA) is 29.5 Å². The fourth-order valence-corrected chi connectivity index (χ4v) is 2.42. The molecule has 1 aromatic rings. The second-order valence-corrected chi connectivity index (χ2v) is 4.94. The highest BCUT2D eigenvalue weighted by molar-refractivity contribution is 6.18. The van der Waals surface area contributed by atoms with Crippen molar-refractivity contribution in [3.63, 3.8) is 0 Å². The van der Waals surface area contributed by atoms with E-state index < -0.39 is 6.61 Å². The minimum Gasteiger partial charge on any atom is -0.435 e. The molecule has 0 saturated heterocycles. The van der Waals surface area contributed by atoms with Crippen molar-refractivity contribution in [1.29, 1.82) is 0 Å². The van der Waals surface area contributed by atoms with Gasteiger partial charge in [0.25, 0.3) is 5.91 Å². The second-order valence-electron chi connectivity index (χ2n) is 4.56. The lowest BCUT2D eigenvalue weighted by Gasteiger charge is -2.30. The molecule has 0 N–H and O–H groups in total. The number of carbonyl (C=O) groups excluding carboxylic acids is 1. The number of halogens is 3. The van der Waals surface area contributed by atoms with Crippen LogP contribution in [0.5, 0.6) is 5.75 Å². The number of hydrogen-bond acceptors (Lipinski definition) is 2. The van der Waals surface area contributed by atoms with E-state index in [4.69, 9.17) is 11.6 Å². The standard InChI is InChI=1S/C15H20ClF2NO2/c1-3-12(4-2)19(9-8-16)14(20)11-6-5-7-13(10-11)21-15(17)18/h5-7,10,12,15H,3-4,8-9H2,1-2H3. The molecular formula is C15H20ClF2NO2. The third-order valence-corrected chi connectivity index (χ3v) is 3.44. The van der Waals surface area contributed by atoms with Crippen LogP contribution in [0.1, 0.15) is 37.0 Å². The minimum atomic E-state index is -2.91. The van der Waals surface area contributed by atoms with E-state index in [0.717, 1.165) is 12.8 Å². The fourth-order valence-electron chi connectivity index (χ4n) is 2.24. The number of rotatable bonds is 8. The predicted molar refractivity (Wildman–Crippen MR) is 79.2 cm³/mol. The molecule has 0 saturated carbocycles. The number of hydrogen-bond donors (Lipinski definition) is 0. The maximum atomic E-state index is 12.6. The molecule has 1 amide bonds. The van der Waals surface area contributed by atoms with Crippen LogP contribution in [0.4, 0.5) is 8.78 Å². The highest BCUT2D eigenvalue weighted by atomic mass is 35.5. The number of benzene rings is 1. The Kier molecular flexibility index (Phi) is 7.43. The Morgan fingerprint density at radius 1 is 1.33 bits per heavy atom. The quantitative estimate of drug-likeness (QED) is 0.673. The summed E-state index contributed by atoms with van der Waals surface area (Å²) in [5.41, 5.74) is 0.324. The summed E-state index contributed by atoms with van der Waals surface area (Å²) in [7, 11) is 0. The Balaban J connectivity index is 2.97. The molecular weight excluding hydrogens is 300 g/mol. The van der Waals surface area contributed by atoms with Gasteiger partial charge in [0.15, 0.2) is 0 Å². The Bertz CT molecular complexity index is 453. The zero-order valence-corrected chi connectivity index (χ0v) is 12.9. The van der Waals surface area contributed by atoms with Gasteiger partial charge in [-0.05, 0) is 31.0 Å². The fraction of sp³-hybridized carbons (Fsp3) is 0.533. The van der Waals surface area contributed by atoms with Crippen LogP contribution in [0, 0.1) is 0 Å². The van der Waals surface area contributed by atoms with E-state index in [-0.39, 0.29) is 17.7 Å². The first kappa shape index (κ1) is 17.7. The van der Waals surface area contributed by atoms with Crippen molar-refractivity contribution in [2.24, 2.45) is 0 Å². The van der Waals surface area contributed by atoms with E-state index >= 15 is 0 Å². The van der Waals surface area contributed by atoms with Crippen molar-refractivity contribution in [2.75, 3.05) is 12.4 Å². The average molecular weight is 320 g/mol. The number of ether oxygens (including phenoxy) is 1. The van der Waals surface area contributed by atoms with Crippen LogP contribution in [-0.4, -0.2) is 35.9 Å². The van der Waals surface area contributed by atoms with E-state index in [9.17, 15) is 13.6 Å². The molecule has 0 aliphatic carbocycles. The van der Waals surface area contributed by atoms with Gasteiger partial charge in [0.1, 0.15) is 5.75 Å². The Hall–Kier alpha value is -1.36. The van der Waals surface area contributed by atoms with Gasteiger partial charge in [-0.15, -0.1) is 11.6 Å². The van der Waals surface area contributed by atoms with Crippen molar-refractivity contribution in [1.82, 2.24) is 4.90 Å². The molecule has 6 heteroatoms. The molecule has 0 aliphatic heterocycles. The molecule has 0 unspecified atom stereocenters. The zero-order chi connectivity index (χ0) is 15.8. The molecule has 0 spiro atoms. The van der Waals surface area contributed by atoms with Gasteiger partial charge in [-0.2, -0.15) is 8.78 Å². The average Bonchev–Trinajstić information content (AvgIpc) is 2.46. The number of alkyl halides is 3. The van der Waals surface area contributed by atoms with Gasteiger partial charge in [0.2, 0.25) is 0 Å². The molecule has 0 radical (unpaired) electrons. The first-order chi connectivity index (χ1) is 10.0. The molecule has 0 heterocycles. The number of carbonyl (C=O) groups is 1. The molecule has 0 aliphatic rings. The van der Waals surface area contributed by atoms with Crippen molar-refractivity contribution in [3.8, 4) is 5.75 Å². The first-order valence-electron chi connectivity index (χ1n) is 6.95. The third-order valence-electron chi connectivity index (χ3n) is 3.28. The lowest BCUT2D eigenvalue weighted by Crippen LogP contribution is -2.41. The van der Waals surface area contributed by atoms with E-state index in [1.54, 1.807) is 11.0 Å². The molecule has 0 fully saturated rings. The van der Waals surface area contributed by atoms with Gasteiger partial charge in [-0.1, -0.05) is 19.9 Å². The smallest absolute Gasteiger partial charge is 0.387 e. The summed E-state index contributed by atoms with van der Waals surface area (Å²) in [6.45, 7) is 1.51. The summed E-state index contributed by atoms with van der Waals surface area (Å²) in [6, 6.07) is 5.92. The van der Waals surface area contributed by atoms with Crippen LogP contribution in [0.15, 0.2) is 24.3 Å². The zero-order valence-electron chi connectivity index (χ0n) is 12.2. The molecule has 3 nitrogen and oxygen atoms in total. The van der Waals surface area contributed by atoms with E-state index in [1.165, 1.54) is 18.2 Å². The molecule has 0 bridgehead atoms. The van der Waals surface area contributed by atoms with Crippen LogP contribution in [0.2, 0.25) is 0 Å². The maximum absolute atomic E-state index is 12.6. The van der Waals surface area contributed by atoms with Gasteiger partial charge in [-0.3, -0.25) is 4.79 Å². The molecule has 118 valence electrons. The van der Waals surface area contributed by atoms with E-state index in [0.29, 0.717) is 18.0 Å². The van der Waals surface area contributed by atoms with Gasteiger partial charge in [0.05, 0.1) is 0 Å². The largest absolute Gasteiger partial charge is 0.435 e.